The Kier molecular flexibility index (Phi) is 7.75. The van der Waals surface area contributed by atoms with Crippen molar-refractivity contribution in [3.05, 3.63) is 0 Å². The Balaban J connectivity index is 4.19. The lowest BCUT2D eigenvalue weighted by Crippen LogP contribution is -2.38. The summed E-state index contributed by atoms with van der Waals surface area (Å²) < 4.78 is 15.6. The van der Waals surface area contributed by atoms with Gasteiger partial charge < -0.3 is 14.2 Å². The molecule has 0 aliphatic rings. The third-order valence-corrected chi connectivity index (χ3v) is 2.70. The molecule has 0 radical (unpaired) electrons. The zero-order chi connectivity index (χ0) is 10.2. The van der Waals surface area contributed by atoms with Crippen LogP contribution in [0.2, 0.25) is 0 Å². The van der Waals surface area contributed by atoms with E-state index in [1.807, 2.05) is 0 Å². The summed E-state index contributed by atoms with van der Waals surface area (Å²) in [6, 6.07) is 0. The molecule has 80 valence electrons. The summed E-state index contributed by atoms with van der Waals surface area (Å²) in [6.07, 6.45) is 2.08. The quantitative estimate of drug-likeness (QED) is 0.600. The second kappa shape index (κ2) is 7.62. The van der Waals surface area contributed by atoms with Crippen molar-refractivity contribution in [2.45, 2.75) is 0 Å². The number of methoxy groups -OCH3 is 3. The Morgan fingerprint density at radius 3 is 1.54 bits per heavy atom. The molecule has 0 aromatic rings. The van der Waals surface area contributed by atoms with Crippen LogP contribution < -0.4 is 0 Å². The predicted molar refractivity (Wildman–Crippen MR) is 56.4 cm³/mol. The van der Waals surface area contributed by atoms with Crippen LogP contribution in [0.5, 0.6) is 0 Å². The zero-order valence-electron chi connectivity index (χ0n) is 8.96. The van der Waals surface area contributed by atoms with E-state index in [-0.39, 0.29) is 5.41 Å². The van der Waals surface area contributed by atoms with Crippen LogP contribution >= 0.6 is 11.8 Å². The largest absolute Gasteiger partial charge is 0.384 e. The van der Waals surface area contributed by atoms with Crippen LogP contribution in [0.15, 0.2) is 0 Å². The highest BCUT2D eigenvalue weighted by Crippen LogP contribution is 2.23. The van der Waals surface area contributed by atoms with Gasteiger partial charge in [0.25, 0.3) is 0 Å². The van der Waals surface area contributed by atoms with Crippen molar-refractivity contribution in [2.75, 3.05) is 53.2 Å². The maximum absolute atomic E-state index is 5.19. The molecule has 0 heterocycles. The lowest BCUT2D eigenvalue weighted by molar-refractivity contribution is -0.0235. The van der Waals surface area contributed by atoms with Crippen LogP contribution in [0.25, 0.3) is 0 Å². The lowest BCUT2D eigenvalue weighted by Gasteiger charge is -2.30. The third-order valence-electron chi connectivity index (χ3n) is 1.80. The molecule has 0 spiro atoms. The molecule has 0 atom stereocenters. The normalized spacial score (nSPS) is 12.0. The van der Waals surface area contributed by atoms with E-state index >= 15 is 0 Å². The number of rotatable bonds is 8. The SMILES string of the molecule is COCC(COC)(COC)CSC. The summed E-state index contributed by atoms with van der Waals surface area (Å²) >= 11 is 1.79. The highest BCUT2D eigenvalue weighted by Gasteiger charge is 2.30. The Labute approximate surface area is 85.1 Å². The van der Waals surface area contributed by atoms with Crippen molar-refractivity contribution in [1.82, 2.24) is 0 Å². The maximum Gasteiger partial charge on any atom is 0.0570 e. The molecule has 0 unspecified atom stereocenters. The number of thioether (sulfide) groups is 1. The molecule has 0 bridgehead atoms. The average Bonchev–Trinajstić information content (AvgIpc) is 2.06. The number of hydrogen-bond donors (Lipinski definition) is 0. The maximum atomic E-state index is 5.19. The fourth-order valence-corrected chi connectivity index (χ4v) is 2.34. The van der Waals surface area contributed by atoms with Crippen molar-refractivity contribution in [3.8, 4) is 0 Å². The van der Waals surface area contributed by atoms with Crippen LogP contribution in [0.1, 0.15) is 0 Å². The number of hydrogen-bond acceptors (Lipinski definition) is 4. The fourth-order valence-electron chi connectivity index (χ4n) is 1.47. The zero-order valence-corrected chi connectivity index (χ0v) is 9.78. The Morgan fingerprint density at radius 1 is 0.923 bits per heavy atom. The van der Waals surface area contributed by atoms with Crippen molar-refractivity contribution >= 4 is 11.8 Å². The third kappa shape index (κ3) is 4.86. The van der Waals surface area contributed by atoms with Crippen LogP contribution in [0.4, 0.5) is 0 Å². The van der Waals surface area contributed by atoms with E-state index in [0.717, 1.165) is 5.75 Å². The predicted octanol–water partition coefficient (Wildman–Crippen LogP) is 1.28. The fraction of sp³-hybridized carbons (Fsp3) is 1.00. The van der Waals surface area contributed by atoms with E-state index < -0.39 is 0 Å². The van der Waals surface area contributed by atoms with Gasteiger partial charge in [0.1, 0.15) is 0 Å². The van der Waals surface area contributed by atoms with Crippen LogP contribution in [-0.4, -0.2) is 53.2 Å². The highest BCUT2D eigenvalue weighted by molar-refractivity contribution is 7.98. The van der Waals surface area contributed by atoms with E-state index in [9.17, 15) is 0 Å². The van der Waals surface area contributed by atoms with Gasteiger partial charge in [0.15, 0.2) is 0 Å². The molecule has 3 nitrogen and oxygen atoms in total. The summed E-state index contributed by atoms with van der Waals surface area (Å²) in [5.74, 6) is 0.989. The molecule has 0 N–H and O–H groups in total. The Hall–Kier alpha value is 0.230. The van der Waals surface area contributed by atoms with Crippen molar-refractivity contribution in [2.24, 2.45) is 5.41 Å². The molecule has 0 rings (SSSR count). The summed E-state index contributed by atoms with van der Waals surface area (Å²) in [5, 5.41) is 0. The van der Waals surface area contributed by atoms with Crippen molar-refractivity contribution in [3.63, 3.8) is 0 Å². The van der Waals surface area contributed by atoms with Gasteiger partial charge >= 0.3 is 0 Å². The van der Waals surface area contributed by atoms with Gasteiger partial charge in [0, 0.05) is 32.5 Å². The smallest absolute Gasteiger partial charge is 0.0570 e. The molecule has 0 aromatic heterocycles. The second-order valence-electron chi connectivity index (χ2n) is 3.23. The molecule has 0 saturated heterocycles. The standard InChI is InChI=1S/C9H20O3S/c1-10-5-9(6-11-2,7-12-3)8-13-4/h5-8H2,1-4H3. The summed E-state index contributed by atoms with van der Waals surface area (Å²) in [4.78, 5) is 0. The lowest BCUT2D eigenvalue weighted by atomic mass is 9.94. The first kappa shape index (κ1) is 13.2. The average molecular weight is 208 g/mol. The minimum Gasteiger partial charge on any atom is -0.384 e. The van der Waals surface area contributed by atoms with Gasteiger partial charge in [-0.2, -0.15) is 11.8 Å². The summed E-state index contributed by atoms with van der Waals surface area (Å²) in [5.41, 5.74) is -0.00231. The van der Waals surface area contributed by atoms with E-state index in [1.54, 1.807) is 33.1 Å². The number of ether oxygens (including phenoxy) is 3. The van der Waals surface area contributed by atoms with Gasteiger partial charge in [0.05, 0.1) is 19.8 Å². The molecular formula is C9H20O3S. The Bertz CT molecular complexity index is 89.9. The summed E-state index contributed by atoms with van der Waals surface area (Å²) in [7, 11) is 5.13. The van der Waals surface area contributed by atoms with Crippen LogP contribution in [-0.2, 0) is 14.2 Å². The van der Waals surface area contributed by atoms with Crippen LogP contribution in [0.3, 0.4) is 0 Å². The van der Waals surface area contributed by atoms with Gasteiger partial charge in [-0.15, -0.1) is 0 Å². The monoisotopic (exact) mass is 208 g/mol. The molecule has 4 heteroatoms. The minimum atomic E-state index is -0.00231. The van der Waals surface area contributed by atoms with Crippen molar-refractivity contribution < 1.29 is 14.2 Å². The van der Waals surface area contributed by atoms with E-state index in [4.69, 9.17) is 14.2 Å². The molecule has 0 amide bonds. The molecule has 0 fully saturated rings. The van der Waals surface area contributed by atoms with E-state index in [1.165, 1.54) is 0 Å². The first-order valence-electron chi connectivity index (χ1n) is 4.20. The molecule has 13 heavy (non-hydrogen) atoms. The van der Waals surface area contributed by atoms with Crippen LogP contribution in [0, 0.1) is 5.41 Å². The molecule has 0 aliphatic heterocycles. The molecule has 0 saturated carbocycles. The first-order valence-corrected chi connectivity index (χ1v) is 5.60. The Morgan fingerprint density at radius 2 is 1.31 bits per heavy atom. The highest BCUT2D eigenvalue weighted by atomic mass is 32.2. The van der Waals surface area contributed by atoms with Gasteiger partial charge in [-0.1, -0.05) is 0 Å². The topological polar surface area (TPSA) is 27.7 Å². The molecular weight excluding hydrogens is 188 g/mol. The first-order chi connectivity index (χ1) is 6.24. The summed E-state index contributed by atoms with van der Waals surface area (Å²) in [6.45, 7) is 2.03. The van der Waals surface area contributed by atoms with Gasteiger partial charge in [-0.25, -0.2) is 0 Å². The van der Waals surface area contributed by atoms with E-state index in [0.29, 0.717) is 19.8 Å². The molecule has 0 aliphatic carbocycles. The molecule has 0 aromatic carbocycles. The minimum absolute atomic E-state index is 0.00231. The van der Waals surface area contributed by atoms with Gasteiger partial charge in [0.2, 0.25) is 0 Å². The van der Waals surface area contributed by atoms with E-state index in [2.05, 4.69) is 6.26 Å². The second-order valence-corrected chi connectivity index (χ2v) is 4.10. The van der Waals surface area contributed by atoms with Gasteiger partial charge in [-0.05, 0) is 6.26 Å². The van der Waals surface area contributed by atoms with Gasteiger partial charge in [-0.3, -0.25) is 0 Å². The van der Waals surface area contributed by atoms with Crippen molar-refractivity contribution in [1.29, 1.82) is 0 Å².